The predicted octanol–water partition coefficient (Wildman–Crippen LogP) is 2.66. The summed E-state index contributed by atoms with van der Waals surface area (Å²) < 4.78 is 0. The van der Waals surface area contributed by atoms with Gasteiger partial charge in [-0.25, -0.2) is 4.79 Å². The van der Waals surface area contributed by atoms with E-state index < -0.39 is 5.97 Å². The number of aryl methyl sites for hydroxylation is 2. The Labute approximate surface area is 122 Å². The predicted molar refractivity (Wildman–Crippen MR) is 79.3 cm³/mol. The van der Waals surface area contributed by atoms with E-state index in [0.717, 1.165) is 11.1 Å². The van der Waals surface area contributed by atoms with Crippen LogP contribution in [0.5, 0.6) is 0 Å². The number of benzene rings is 1. The number of nitrogens with zero attached hydrogens (tertiary/aromatic N) is 1. The molecule has 1 amide bonds. The van der Waals surface area contributed by atoms with Crippen LogP contribution in [-0.2, 0) is 11.2 Å². The van der Waals surface area contributed by atoms with Gasteiger partial charge >= 0.3 is 5.97 Å². The second-order valence-corrected chi connectivity index (χ2v) is 4.71. The summed E-state index contributed by atoms with van der Waals surface area (Å²) in [4.78, 5) is 27.1. The third kappa shape index (κ3) is 3.89. The highest BCUT2D eigenvalue weighted by Crippen LogP contribution is 2.21. The molecule has 2 aromatic rings. The maximum absolute atomic E-state index is 12.0. The van der Waals surface area contributed by atoms with E-state index in [2.05, 4.69) is 10.3 Å². The summed E-state index contributed by atoms with van der Waals surface area (Å²) in [5.41, 5.74) is 2.22. The van der Waals surface area contributed by atoms with Crippen molar-refractivity contribution in [2.24, 2.45) is 0 Å². The van der Waals surface area contributed by atoms with Crippen LogP contribution in [0.15, 0.2) is 42.7 Å². The van der Waals surface area contributed by atoms with Gasteiger partial charge in [0.1, 0.15) is 0 Å². The van der Waals surface area contributed by atoms with Gasteiger partial charge in [0, 0.05) is 18.8 Å². The largest absolute Gasteiger partial charge is 0.478 e. The first-order valence-corrected chi connectivity index (χ1v) is 6.59. The molecule has 5 heteroatoms. The van der Waals surface area contributed by atoms with Gasteiger partial charge in [0.05, 0.1) is 11.3 Å². The lowest BCUT2D eigenvalue weighted by Gasteiger charge is -2.11. The number of amides is 1. The molecule has 1 aromatic carbocycles. The molecular weight excluding hydrogens is 268 g/mol. The molecule has 1 aromatic heterocycles. The van der Waals surface area contributed by atoms with Crippen molar-refractivity contribution in [2.45, 2.75) is 19.8 Å². The molecule has 0 radical (unpaired) electrons. The summed E-state index contributed by atoms with van der Waals surface area (Å²) in [6.07, 6.45) is 4.23. The Balaban J connectivity index is 2.05. The highest BCUT2D eigenvalue weighted by molar-refractivity contribution is 6.01. The number of aromatic carboxylic acids is 1. The fourth-order valence-corrected chi connectivity index (χ4v) is 2.02. The topological polar surface area (TPSA) is 79.3 Å². The Morgan fingerprint density at radius 1 is 1.19 bits per heavy atom. The highest BCUT2D eigenvalue weighted by atomic mass is 16.4. The number of nitrogens with one attached hydrogen (secondary N) is 1. The zero-order valence-electron chi connectivity index (χ0n) is 11.7. The Hall–Kier alpha value is -2.69. The van der Waals surface area contributed by atoms with Gasteiger partial charge in [-0.05, 0) is 42.7 Å². The number of aromatic nitrogens is 1. The van der Waals surface area contributed by atoms with Crippen molar-refractivity contribution in [2.75, 3.05) is 5.32 Å². The van der Waals surface area contributed by atoms with Gasteiger partial charge in [0.15, 0.2) is 0 Å². The number of carboxylic acid groups (broad SMARTS) is 1. The molecule has 2 rings (SSSR count). The summed E-state index contributed by atoms with van der Waals surface area (Å²) in [5, 5.41) is 11.8. The number of rotatable bonds is 5. The molecule has 1 heterocycles. The number of carbonyl (C=O) groups excluding carboxylic acids is 1. The molecule has 5 nitrogen and oxygen atoms in total. The average Bonchev–Trinajstić information content (AvgIpc) is 2.48. The van der Waals surface area contributed by atoms with Crippen molar-refractivity contribution in [1.82, 2.24) is 4.98 Å². The standard InChI is InChI=1S/C16H16N2O3/c1-11-3-2-4-13(16(20)21)15(11)18-14(19)6-5-12-7-9-17-10-8-12/h2-4,7-10H,5-6H2,1H3,(H,18,19)(H,20,21). The molecule has 0 spiro atoms. The fourth-order valence-electron chi connectivity index (χ4n) is 2.02. The van der Waals surface area contributed by atoms with Crippen LogP contribution in [0.1, 0.15) is 27.9 Å². The minimum atomic E-state index is -1.05. The van der Waals surface area contributed by atoms with Gasteiger partial charge < -0.3 is 10.4 Å². The first-order chi connectivity index (χ1) is 10.1. The molecule has 0 saturated carbocycles. The third-order valence-corrected chi connectivity index (χ3v) is 3.16. The molecule has 2 N–H and O–H groups in total. The van der Waals surface area contributed by atoms with E-state index in [0.29, 0.717) is 12.1 Å². The van der Waals surface area contributed by atoms with Crippen molar-refractivity contribution in [3.05, 3.63) is 59.4 Å². The zero-order chi connectivity index (χ0) is 15.2. The molecule has 0 saturated heterocycles. The molecule has 0 aliphatic rings. The fraction of sp³-hybridized carbons (Fsp3) is 0.188. The summed E-state index contributed by atoms with van der Waals surface area (Å²) >= 11 is 0. The van der Waals surface area contributed by atoms with E-state index in [1.807, 2.05) is 12.1 Å². The number of pyridine rings is 1. The summed E-state index contributed by atoms with van der Waals surface area (Å²) in [6.45, 7) is 1.77. The minimum absolute atomic E-state index is 0.104. The normalized spacial score (nSPS) is 10.1. The zero-order valence-corrected chi connectivity index (χ0v) is 11.7. The Kier molecular flexibility index (Phi) is 4.66. The summed E-state index contributed by atoms with van der Waals surface area (Å²) in [5.74, 6) is -1.26. The van der Waals surface area contributed by atoms with Crippen LogP contribution in [0.25, 0.3) is 0 Å². The van der Waals surface area contributed by atoms with Gasteiger partial charge in [0.25, 0.3) is 0 Å². The number of hydrogen-bond acceptors (Lipinski definition) is 3. The van der Waals surface area contributed by atoms with E-state index >= 15 is 0 Å². The van der Waals surface area contributed by atoms with Gasteiger partial charge in [-0.15, -0.1) is 0 Å². The second kappa shape index (κ2) is 6.65. The maximum atomic E-state index is 12.0. The number of carbonyl (C=O) groups is 2. The Bertz CT molecular complexity index is 654. The summed E-state index contributed by atoms with van der Waals surface area (Å²) in [7, 11) is 0. The first-order valence-electron chi connectivity index (χ1n) is 6.59. The van der Waals surface area contributed by atoms with E-state index in [9.17, 15) is 9.59 Å². The van der Waals surface area contributed by atoms with E-state index in [1.54, 1.807) is 31.5 Å². The van der Waals surface area contributed by atoms with Crippen molar-refractivity contribution >= 4 is 17.6 Å². The van der Waals surface area contributed by atoms with Crippen LogP contribution in [0.2, 0.25) is 0 Å². The van der Waals surface area contributed by atoms with Crippen molar-refractivity contribution < 1.29 is 14.7 Å². The molecule has 0 aliphatic carbocycles. The SMILES string of the molecule is Cc1cccc(C(=O)O)c1NC(=O)CCc1ccncc1. The van der Waals surface area contributed by atoms with E-state index in [-0.39, 0.29) is 17.9 Å². The smallest absolute Gasteiger partial charge is 0.337 e. The average molecular weight is 284 g/mol. The second-order valence-electron chi connectivity index (χ2n) is 4.71. The monoisotopic (exact) mass is 284 g/mol. The number of hydrogen-bond donors (Lipinski definition) is 2. The van der Waals surface area contributed by atoms with Crippen molar-refractivity contribution in [1.29, 1.82) is 0 Å². The van der Waals surface area contributed by atoms with E-state index in [1.165, 1.54) is 6.07 Å². The van der Waals surface area contributed by atoms with Crippen LogP contribution >= 0.6 is 0 Å². The molecule has 0 bridgehead atoms. The quantitative estimate of drug-likeness (QED) is 0.884. The number of anilines is 1. The lowest BCUT2D eigenvalue weighted by molar-refractivity contribution is -0.116. The number of carboxylic acids is 1. The van der Waals surface area contributed by atoms with Gasteiger partial charge in [-0.2, -0.15) is 0 Å². The molecule has 0 fully saturated rings. The minimum Gasteiger partial charge on any atom is -0.478 e. The lowest BCUT2D eigenvalue weighted by Crippen LogP contribution is -2.16. The van der Waals surface area contributed by atoms with Crippen LogP contribution in [0.3, 0.4) is 0 Å². The molecule has 108 valence electrons. The van der Waals surface area contributed by atoms with Gasteiger partial charge in [0.2, 0.25) is 5.91 Å². The molecule has 0 aliphatic heterocycles. The summed E-state index contributed by atoms with van der Waals surface area (Å²) in [6, 6.07) is 8.61. The third-order valence-electron chi connectivity index (χ3n) is 3.16. The highest BCUT2D eigenvalue weighted by Gasteiger charge is 2.14. The molecule has 21 heavy (non-hydrogen) atoms. The number of para-hydroxylation sites is 1. The Morgan fingerprint density at radius 2 is 1.90 bits per heavy atom. The maximum Gasteiger partial charge on any atom is 0.337 e. The molecular formula is C16H16N2O3. The van der Waals surface area contributed by atoms with Crippen LogP contribution < -0.4 is 5.32 Å². The van der Waals surface area contributed by atoms with Crippen LogP contribution in [0, 0.1) is 6.92 Å². The van der Waals surface area contributed by atoms with Crippen molar-refractivity contribution in [3.63, 3.8) is 0 Å². The Morgan fingerprint density at radius 3 is 2.57 bits per heavy atom. The molecule has 0 unspecified atom stereocenters. The van der Waals surface area contributed by atoms with Gasteiger partial charge in [-0.3, -0.25) is 9.78 Å². The van der Waals surface area contributed by atoms with Crippen molar-refractivity contribution in [3.8, 4) is 0 Å². The lowest BCUT2D eigenvalue weighted by atomic mass is 10.1. The van der Waals surface area contributed by atoms with Crippen LogP contribution in [-0.4, -0.2) is 22.0 Å². The van der Waals surface area contributed by atoms with Gasteiger partial charge in [-0.1, -0.05) is 12.1 Å². The first kappa shape index (κ1) is 14.7. The van der Waals surface area contributed by atoms with Crippen LogP contribution in [0.4, 0.5) is 5.69 Å². The molecule has 0 atom stereocenters. The van der Waals surface area contributed by atoms with E-state index in [4.69, 9.17) is 5.11 Å².